The third-order valence-corrected chi connectivity index (χ3v) is 3.84. The Morgan fingerprint density at radius 1 is 1.26 bits per heavy atom. The molecule has 1 fully saturated rings. The smallest absolute Gasteiger partial charge is 0.224 e. The van der Waals surface area contributed by atoms with Crippen LogP contribution in [-0.2, 0) is 11.3 Å². The second-order valence-corrected chi connectivity index (χ2v) is 5.56. The first-order valence-corrected chi connectivity index (χ1v) is 7.28. The van der Waals surface area contributed by atoms with E-state index in [0.29, 0.717) is 6.42 Å². The van der Waals surface area contributed by atoms with Gasteiger partial charge in [0.1, 0.15) is 0 Å². The van der Waals surface area contributed by atoms with Crippen LogP contribution < -0.4 is 5.32 Å². The van der Waals surface area contributed by atoms with Crippen molar-refractivity contribution in [3.05, 3.63) is 29.8 Å². The average Bonchev–Trinajstić information content (AvgIpc) is 2.43. The van der Waals surface area contributed by atoms with Crippen LogP contribution in [0.3, 0.4) is 0 Å². The van der Waals surface area contributed by atoms with Gasteiger partial charge in [0.25, 0.3) is 0 Å². The fraction of sp³-hybridized carbons (Fsp3) is 0.562. The molecule has 2 rings (SSSR count). The van der Waals surface area contributed by atoms with Crippen molar-refractivity contribution in [2.45, 2.75) is 39.7 Å². The Kier molecular flexibility index (Phi) is 4.97. The second-order valence-electron chi connectivity index (χ2n) is 5.56. The lowest BCUT2D eigenvalue weighted by molar-refractivity contribution is -0.115. The molecule has 1 aromatic carbocycles. The Morgan fingerprint density at radius 2 is 1.89 bits per heavy atom. The van der Waals surface area contributed by atoms with Crippen molar-refractivity contribution in [1.82, 2.24) is 4.90 Å². The first-order valence-electron chi connectivity index (χ1n) is 7.28. The van der Waals surface area contributed by atoms with E-state index >= 15 is 0 Å². The number of carbonyl (C=O) groups is 1. The lowest BCUT2D eigenvalue weighted by Gasteiger charge is -2.30. The molecular weight excluding hydrogens is 236 g/mol. The quantitative estimate of drug-likeness (QED) is 0.901. The molecule has 0 aromatic heterocycles. The topological polar surface area (TPSA) is 32.3 Å². The standard InChI is InChI=1S/C16H24N2O/c1-3-16(19)17-15-6-4-14(5-7-15)12-18-10-8-13(2)9-11-18/h4-7,13H,3,8-12H2,1-2H3,(H,17,19). The number of carbonyl (C=O) groups excluding carboxylic acids is 1. The van der Waals surface area contributed by atoms with E-state index in [0.717, 1.165) is 18.2 Å². The molecule has 3 heteroatoms. The van der Waals surface area contributed by atoms with Gasteiger partial charge in [0.2, 0.25) is 5.91 Å². The van der Waals surface area contributed by atoms with Crippen LogP contribution in [0.2, 0.25) is 0 Å². The number of piperidine rings is 1. The van der Waals surface area contributed by atoms with Crippen molar-refractivity contribution in [2.75, 3.05) is 18.4 Å². The van der Waals surface area contributed by atoms with Crippen LogP contribution in [0.1, 0.15) is 38.7 Å². The number of nitrogens with zero attached hydrogens (tertiary/aromatic N) is 1. The van der Waals surface area contributed by atoms with Gasteiger partial charge in [-0.15, -0.1) is 0 Å². The molecule has 1 aromatic rings. The lowest BCUT2D eigenvalue weighted by atomic mass is 9.99. The number of anilines is 1. The monoisotopic (exact) mass is 260 g/mol. The van der Waals surface area contributed by atoms with Crippen LogP contribution in [0.5, 0.6) is 0 Å². The van der Waals surface area contributed by atoms with Crippen LogP contribution >= 0.6 is 0 Å². The minimum Gasteiger partial charge on any atom is -0.326 e. The molecular formula is C16H24N2O. The Morgan fingerprint density at radius 3 is 2.47 bits per heavy atom. The van der Waals surface area contributed by atoms with Crippen molar-refractivity contribution in [1.29, 1.82) is 0 Å². The highest BCUT2D eigenvalue weighted by Gasteiger charge is 2.15. The molecule has 1 aliphatic heterocycles. The Balaban J connectivity index is 1.86. The Hall–Kier alpha value is -1.35. The van der Waals surface area contributed by atoms with E-state index in [1.807, 2.05) is 19.1 Å². The molecule has 1 N–H and O–H groups in total. The van der Waals surface area contributed by atoms with Gasteiger partial charge in [0.15, 0.2) is 0 Å². The fourth-order valence-corrected chi connectivity index (χ4v) is 2.42. The van der Waals surface area contributed by atoms with Gasteiger partial charge in [-0.2, -0.15) is 0 Å². The van der Waals surface area contributed by atoms with Crippen LogP contribution in [-0.4, -0.2) is 23.9 Å². The first-order chi connectivity index (χ1) is 9.17. The number of amides is 1. The lowest BCUT2D eigenvalue weighted by Crippen LogP contribution is -2.32. The highest BCUT2D eigenvalue weighted by Crippen LogP contribution is 2.19. The zero-order valence-corrected chi connectivity index (χ0v) is 12.0. The van der Waals surface area contributed by atoms with E-state index in [2.05, 4.69) is 29.3 Å². The number of rotatable bonds is 4. The van der Waals surface area contributed by atoms with Crippen molar-refractivity contribution < 1.29 is 4.79 Å². The summed E-state index contributed by atoms with van der Waals surface area (Å²) in [6.45, 7) is 7.63. The van der Waals surface area contributed by atoms with Gasteiger partial charge in [-0.25, -0.2) is 0 Å². The molecule has 19 heavy (non-hydrogen) atoms. The van der Waals surface area contributed by atoms with Gasteiger partial charge >= 0.3 is 0 Å². The number of benzene rings is 1. The maximum Gasteiger partial charge on any atom is 0.224 e. The third kappa shape index (κ3) is 4.35. The second kappa shape index (κ2) is 6.71. The van der Waals surface area contributed by atoms with Gasteiger partial charge in [-0.05, 0) is 49.5 Å². The summed E-state index contributed by atoms with van der Waals surface area (Å²) in [6.07, 6.45) is 3.14. The maximum absolute atomic E-state index is 11.3. The van der Waals surface area contributed by atoms with E-state index in [1.165, 1.54) is 31.5 Å². The summed E-state index contributed by atoms with van der Waals surface area (Å²) in [5, 5.41) is 2.88. The Labute approximate surface area is 116 Å². The zero-order chi connectivity index (χ0) is 13.7. The van der Waals surface area contributed by atoms with E-state index in [4.69, 9.17) is 0 Å². The molecule has 0 spiro atoms. The van der Waals surface area contributed by atoms with Gasteiger partial charge in [0, 0.05) is 18.7 Å². The minimum absolute atomic E-state index is 0.0674. The zero-order valence-electron chi connectivity index (χ0n) is 12.0. The van der Waals surface area contributed by atoms with Crippen LogP contribution in [0.25, 0.3) is 0 Å². The molecule has 0 aliphatic carbocycles. The van der Waals surface area contributed by atoms with Gasteiger partial charge in [-0.3, -0.25) is 9.69 Å². The minimum atomic E-state index is 0.0674. The van der Waals surface area contributed by atoms with E-state index in [1.54, 1.807) is 0 Å². The van der Waals surface area contributed by atoms with Gasteiger partial charge in [-0.1, -0.05) is 26.0 Å². The molecule has 1 saturated heterocycles. The summed E-state index contributed by atoms with van der Waals surface area (Å²) in [5.74, 6) is 0.945. The largest absolute Gasteiger partial charge is 0.326 e. The molecule has 1 aliphatic rings. The number of hydrogen-bond acceptors (Lipinski definition) is 2. The fourth-order valence-electron chi connectivity index (χ4n) is 2.42. The van der Waals surface area contributed by atoms with E-state index in [9.17, 15) is 4.79 Å². The molecule has 0 radical (unpaired) electrons. The normalized spacial score (nSPS) is 17.4. The van der Waals surface area contributed by atoms with Crippen molar-refractivity contribution in [2.24, 2.45) is 5.92 Å². The van der Waals surface area contributed by atoms with Crippen LogP contribution in [0.4, 0.5) is 5.69 Å². The van der Waals surface area contributed by atoms with E-state index in [-0.39, 0.29) is 5.91 Å². The number of likely N-dealkylation sites (tertiary alicyclic amines) is 1. The summed E-state index contributed by atoms with van der Waals surface area (Å²) >= 11 is 0. The van der Waals surface area contributed by atoms with Crippen molar-refractivity contribution in [3.8, 4) is 0 Å². The number of hydrogen-bond donors (Lipinski definition) is 1. The molecule has 1 heterocycles. The molecule has 104 valence electrons. The summed E-state index contributed by atoms with van der Waals surface area (Å²) in [6, 6.07) is 8.22. The van der Waals surface area contributed by atoms with Crippen molar-refractivity contribution >= 4 is 11.6 Å². The Bertz CT molecular complexity index is 405. The summed E-state index contributed by atoms with van der Waals surface area (Å²) in [7, 11) is 0. The van der Waals surface area contributed by atoms with Gasteiger partial charge < -0.3 is 5.32 Å². The van der Waals surface area contributed by atoms with Gasteiger partial charge in [0.05, 0.1) is 0 Å². The van der Waals surface area contributed by atoms with Crippen molar-refractivity contribution in [3.63, 3.8) is 0 Å². The summed E-state index contributed by atoms with van der Waals surface area (Å²) < 4.78 is 0. The molecule has 1 amide bonds. The van der Waals surface area contributed by atoms with E-state index < -0.39 is 0 Å². The molecule has 3 nitrogen and oxygen atoms in total. The first kappa shape index (κ1) is 14.1. The highest BCUT2D eigenvalue weighted by molar-refractivity contribution is 5.90. The average molecular weight is 260 g/mol. The highest BCUT2D eigenvalue weighted by atomic mass is 16.1. The molecule has 0 saturated carbocycles. The van der Waals surface area contributed by atoms with Crippen LogP contribution in [0.15, 0.2) is 24.3 Å². The third-order valence-electron chi connectivity index (χ3n) is 3.84. The van der Waals surface area contributed by atoms with Crippen LogP contribution in [0, 0.1) is 5.92 Å². The molecule has 0 atom stereocenters. The predicted molar refractivity (Wildman–Crippen MR) is 79.0 cm³/mol. The molecule has 0 bridgehead atoms. The predicted octanol–water partition coefficient (Wildman–Crippen LogP) is 3.27. The SMILES string of the molecule is CCC(=O)Nc1ccc(CN2CCC(C)CC2)cc1. The molecule has 0 unspecified atom stereocenters. The number of nitrogens with one attached hydrogen (secondary N) is 1. The summed E-state index contributed by atoms with van der Waals surface area (Å²) in [5.41, 5.74) is 2.21. The summed E-state index contributed by atoms with van der Waals surface area (Å²) in [4.78, 5) is 13.8. The maximum atomic E-state index is 11.3.